The lowest BCUT2D eigenvalue weighted by molar-refractivity contribution is 0.0183. The van der Waals surface area contributed by atoms with Gasteiger partial charge in [-0.05, 0) is 38.5 Å². The monoisotopic (exact) mass is 297 g/mol. The highest BCUT2D eigenvalue weighted by Crippen LogP contribution is 2.43. The lowest BCUT2D eigenvalue weighted by Crippen LogP contribution is -2.40. The fraction of sp³-hybridized carbons (Fsp3) is 0.857. The molecule has 0 bridgehead atoms. The fourth-order valence-electron chi connectivity index (χ4n) is 3.19. The van der Waals surface area contributed by atoms with Crippen LogP contribution >= 0.6 is 11.3 Å². The SMILES string of the molecule is CCOC[C@@H]1CC2(CCN(c3nnc(C)s3)CC2)CO1. The molecular weight excluding hydrogens is 274 g/mol. The molecule has 0 radical (unpaired) electrons. The molecule has 1 spiro atoms. The van der Waals surface area contributed by atoms with Crippen molar-refractivity contribution < 1.29 is 9.47 Å². The standard InChI is InChI=1S/C14H23N3O2S/c1-3-18-9-12-8-14(10-19-12)4-6-17(7-5-14)13-16-15-11(2)20-13/h12H,3-10H2,1-2H3/t12-/m0/s1. The van der Waals surface area contributed by atoms with Gasteiger partial charge in [-0.15, -0.1) is 10.2 Å². The second kappa shape index (κ2) is 5.95. The zero-order chi connectivity index (χ0) is 14.0. The van der Waals surface area contributed by atoms with Gasteiger partial charge in [0.25, 0.3) is 0 Å². The Morgan fingerprint density at radius 3 is 2.85 bits per heavy atom. The van der Waals surface area contributed by atoms with Crippen LogP contribution in [0.3, 0.4) is 0 Å². The predicted octanol–water partition coefficient (Wildman–Crippen LogP) is 2.26. The number of rotatable bonds is 4. The summed E-state index contributed by atoms with van der Waals surface area (Å²) in [6.07, 6.45) is 3.82. The molecule has 5 nitrogen and oxygen atoms in total. The minimum absolute atomic E-state index is 0.297. The van der Waals surface area contributed by atoms with Crippen LogP contribution in [0.1, 0.15) is 31.2 Å². The van der Waals surface area contributed by atoms with E-state index in [0.717, 1.165) is 49.5 Å². The third-order valence-corrected chi connectivity index (χ3v) is 5.30. The number of ether oxygens (including phenoxy) is 2. The molecule has 3 rings (SSSR count). The minimum atomic E-state index is 0.297. The molecule has 20 heavy (non-hydrogen) atoms. The van der Waals surface area contributed by atoms with Crippen LogP contribution in [0.15, 0.2) is 0 Å². The molecule has 112 valence electrons. The number of piperidine rings is 1. The highest BCUT2D eigenvalue weighted by atomic mass is 32.1. The van der Waals surface area contributed by atoms with E-state index >= 15 is 0 Å². The van der Waals surface area contributed by atoms with Crippen molar-refractivity contribution in [2.75, 3.05) is 37.8 Å². The zero-order valence-electron chi connectivity index (χ0n) is 12.3. The summed E-state index contributed by atoms with van der Waals surface area (Å²) in [6, 6.07) is 0. The Bertz CT molecular complexity index is 443. The van der Waals surface area contributed by atoms with Gasteiger partial charge in [0.15, 0.2) is 0 Å². The van der Waals surface area contributed by atoms with Crippen LogP contribution in [-0.2, 0) is 9.47 Å². The molecule has 0 saturated carbocycles. The van der Waals surface area contributed by atoms with Gasteiger partial charge in [-0.3, -0.25) is 0 Å². The average Bonchev–Trinajstić information content (AvgIpc) is 3.05. The van der Waals surface area contributed by atoms with Crippen molar-refractivity contribution in [2.24, 2.45) is 5.41 Å². The van der Waals surface area contributed by atoms with Crippen LogP contribution in [0.5, 0.6) is 0 Å². The van der Waals surface area contributed by atoms with E-state index in [0.29, 0.717) is 11.5 Å². The maximum absolute atomic E-state index is 5.92. The summed E-state index contributed by atoms with van der Waals surface area (Å²) in [5.41, 5.74) is 0.373. The first-order chi connectivity index (χ1) is 9.71. The molecule has 0 aromatic carbocycles. The first-order valence-electron chi connectivity index (χ1n) is 7.45. The number of aryl methyl sites for hydroxylation is 1. The number of nitrogens with zero attached hydrogens (tertiary/aromatic N) is 3. The average molecular weight is 297 g/mol. The van der Waals surface area contributed by atoms with E-state index in [1.54, 1.807) is 11.3 Å². The number of aromatic nitrogens is 2. The molecule has 2 aliphatic heterocycles. The number of hydrogen-bond acceptors (Lipinski definition) is 6. The molecular formula is C14H23N3O2S. The summed E-state index contributed by atoms with van der Waals surface area (Å²) in [7, 11) is 0. The quantitative estimate of drug-likeness (QED) is 0.853. The molecule has 3 heterocycles. The molecule has 1 atom stereocenters. The highest BCUT2D eigenvalue weighted by Gasteiger charge is 2.42. The maximum atomic E-state index is 5.92. The summed E-state index contributed by atoms with van der Waals surface area (Å²) in [5, 5.41) is 10.5. The van der Waals surface area contributed by atoms with Crippen molar-refractivity contribution in [1.82, 2.24) is 10.2 Å². The Labute approximate surface area is 124 Å². The lowest BCUT2D eigenvalue weighted by atomic mass is 9.77. The Morgan fingerprint density at radius 1 is 1.40 bits per heavy atom. The van der Waals surface area contributed by atoms with Crippen molar-refractivity contribution in [3.63, 3.8) is 0 Å². The van der Waals surface area contributed by atoms with Crippen LogP contribution in [0.2, 0.25) is 0 Å². The lowest BCUT2D eigenvalue weighted by Gasteiger charge is -2.38. The smallest absolute Gasteiger partial charge is 0.208 e. The number of hydrogen-bond donors (Lipinski definition) is 0. The molecule has 0 aliphatic carbocycles. The van der Waals surface area contributed by atoms with Crippen LogP contribution in [0.4, 0.5) is 5.13 Å². The van der Waals surface area contributed by atoms with Gasteiger partial charge in [-0.1, -0.05) is 11.3 Å². The molecule has 0 unspecified atom stereocenters. The highest BCUT2D eigenvalue weighted by molar-refractivity contribution is 7.15. The Morgan fingerprint density at radius 2 is 2.20 bits per heavy atom. The van der Waals surface area contributed by atoms with Crippen LogP contribution in [0, 0.1) is 12.3 Å². The topological polar surface area (TPSA) is 47.5 Å². The van der Waals surface area contributed by atoms with Crippen molar-refractivity contribution in [3.8, 4) is 0 Å². The Hall–Kier alpha value is -0.720. The van der Waals surface area contributed by atoms with Gasteiger partial charge in [0, 0.05) is 19.7 Å². The first kappa shape index (κ1) is 14.2. The largest absolute Gasteiger partial charge is 0.379 e. The molecule has 2 fully saturated rings. The van der Waals surface area contributed by atoms with Crippen molar-refractivity contribution >= 4 is 16.5 Å². The summed E-state index contributed by atoms with van der Waals surface area (Å²) in [5.74, 6) is 0. The Kier molecular flexibility index (Phi) is 4.23. The van der Waals surface area contributed by atoms with Crippen LogP contribution in [0.25, 0.3) is 0 Å². The zero-order valence-corrected chi connectivity index (χ0v) is 13.1. The van der Waals surface area contributed by atoms with Gasteiger partial charge in [-0.25, -0.2) is 0 Å². The molecule has 6 heteroatoms. The third kappa shape index (κ3) is 2.97. The predicted molar refractivity (Wildman–Crippen MR) is 79.4 cm³/mol. The molecule has 0 amide bonds. The van der Waals surface area contributed by atoms with Crippen molar-refractivity contribution in [3.05, 3.63) is 5.01 Å². The van der Waals surface area contributed by atoms with E-state index in [1.165, 1.54) is 12.8 Å². The Balaban J connectivity index is 1.53. The van der Waals surface area contributed by atoms with E-state index in [-0.39, 0.29) is 0 Å². The van der Waals surface area contributed by atoms with E-state index in [4.69, 9.17) is 9.47 Å². The van der Waals surface area contributed by atoms with Gasteiger partial charge in [0.05, 0.1) is 19.3 Å². The summed E-state index contributed by atoms with van der Waals surface area (Å²) in [4.78, 5) is 2.37. The maximum Gasteiger partial charge on any atom is 0.208 e. The van der Waals surface area contributed by atoms with Gasteiger partial charge in [0.2, 0.25) is 5.13 Å². The third-order valence-electron chi connectivity index (χ3n) is 4.40. The second-order valence-corrected chi connectivity index (χ2v) is 7.05. The van der Waals surface area contributed by atoms with Gasteiger partial charge >= 0.3 is 0 Å². The summed E-state index contributed by atoms with van der Waals surface area (Å²) < 4.78 is 11.4. The molecule has 1 aromatic rings. The van der Waals surface area contributed by atoms with Crippen molar-refractivity contribution in [1.29, 1.82) is 0 Å². The first-order valence-corrected chi connectivity index (χ1v) is 8.27. The molecule has 2 saturated heterocycles. The normalized spacial score (nSPS) is 25.5. The summed E-state index contributed by atoms with van der Waals surface area (Å²) in [6.45, 7) is 8.60. The number of anilines is 1. The molecule has 2 aliphatic rings. The molecule has 1 aromatic heterocycles. The molecule has 0 N–H and O–H groups in total. The van der Waals surface area contributed by atoms with Crippen LogP contribution in [-0.4, -0.2) is 49.2 Å². The van der Waals surface area contributed by atoms with E-state index < -0.39 is 0 Å². The van der Waals surface area contributed by atoms with E-state index in [2.05, 4.69) is 15.1 Å². The fourth-order valence-corrected chi connectivity index (χ4v) is 3.93. The van der Waals surface area contributed by atoms with Gasteiger partial charge in [-0.2, -0.15) is 0 Å². The van der Waals surface area contributed by atoms with Crippen LogP contribution < -0.4 is 4.90 Å². The second-order valence-electron chi connectivity index (χ2n) is 5.89. The summed E-state index contributed by atoms with van der Waals surface area (Å²) >= 11 is 1.69. The van der Waals surface area contributed by atoms with Gasteiger partial charge in [0.1, 0.15) is 5.01 Å². The van der Waals surface area contributed by atoms with Crippen molar-refractivity contribution in [2.45, 2.75) is 39.2 Å². The van der Waals surface area contributed by atoms with Gasteiger partial charge < -0.3 is 14.4 Å². The van der Waals surface area contributed by atoms with E-state index in [1.807, 2.05) is 13.8 Å². The minimum Gasteiger partial charge on any atom is -0.379 e. The van der Waals surface area contributed by atoms with E-state index in [9.17, 15) is 0 Å².